The van der Waals surface area contributed by atoms with Crippen molar-refractivity contribution in [2.45, 2.75) is 0 Å². The summed E-state index contributed by atoms with van der Waals surface area (Å²) in [7, 11) is 0. The molecule has 0 aliphatic carbocycles. The summed E-state index contributed by atoms with van der Waals surface area (Å²) in [5.41, 5.74) is 8.76. The molecule has 0 unspecified atom stereocenters. The first-order chi connectivity index (χ1) is 24.8. The highest BCUT2D eigenvalue weighted by molar-refractivity contribution is 7.26. The Morgan fingerprint density at radius 2 is 0.840 bits per heavy atom. The molecule has 0 aliphatic heterocycles. The van der Waals surface area contributed by atoms with Gasteiger partial charge in [-0.25, -0.2) is 15.0 Å². The van der Waals surface area contributed by atoms with Crippen molar-refractivity contribution in [3.8, 4) is 51.0 Å². The minimum Gasteiger partial charge on any atom is -0.309 e. The molecule has 0 saturated carbocycles. The minimum atomic E-state index is 0.648. The summed E-state index contributed by atoms with van der Waals surface area (Å²) in [5.74, 6) is 1.96. The Kier molecular flexibility index (Phi) is 6.64. The second kappa shape index (κ2) is 11.6. The van der Waals surface area contributed by atoms with Crippen LogP contribution in [0.3, 0.4) is 0 Å². The van der Waals surface area contributed by atoms with Crippen LogP contribution in [0.2, 0.25) is 0 Å². The van der Waals surface area contributed by atoms with E-state index < -0.39 is 0 Å². The Labute approximate surface area is 292 Å². The van der Waals surface area contributed by atoms with Crippen LogP contribution in [-0.4, -0.2) is 19.5 Å². The van der Waals surface area contributed by atoms with Crippen molar-refractivity contribution in [3.63, 3.8) is 0 Å². The van der Waals surface area contributed by atoms with Crippen LogP contribution in [0.1, 0.15) is 0 Å². The van der Waals surface area contributed by atoms with Gasteiger partial charge in [0.05, 0.1) is 11.0 Å². The van der Waals surface area contributed by atoms with Crippen molar-refractivity contribution < 1.29 is 0 Å². The van der Waals surface area contributed by atoms with Crippen LogP contribution in [0.5, 0.6) is 0 Å². The fourth-order valence-electron chi connectivity index (χ4n) is 7.09. The van der Waals surface area contributed by atoms with Crippen LogP contribution < -0.4 is 0 Å². The molecule has 0 amide bonds. The Balaban J connectivity index is 1.16. The van der Waals surface area contributed by atoms with Gasteiger partial charge in [0.2, 0.25) is 0 Å². The molecule has 10 rings (SSSR count). The Morgan fingerprint density at radius 1 is 0.380 bits per heavy atom. The molecule has 7 aromatic carbocycles. The van der Waals surface area contributed by atoms with E-state index in [1.807, 2.05) is 72.0 Å². The zero-order valence-electron chi connectivity index (χ0n) is 26.9. The van der Waals surface area contributed by atoms with Gasteiger partial charge >= 0.3 is 0 Å². The number of aromatic nitrogens is 4. The molecule has 4 nitrogen and oxygen atoms in total. The fraction of sp³-hybridized carbons (Fsp3) is 0. The average molecular weight is 657 g/mol. The molecule has 0 fully saturated rings. The summed E-state index contributed by atoms with van der Waals surface area (Å²) in [6.45, 7) is 0. The summed E-state index contributed by atoms with van der Waals surface area (Å²) in [4.78, 5) is 14.8. The predicted molar refractivity (Wildman–Crippen MR) is 209 cm³/mol. The van der Waals surface area contributed by atoms with Crippen LogP contribution >= 0.6 is 11.3 Å². The molecular weight excluding hydrogens is 629 g/mol. The number of hydrogen-bond donors (Lipinski definition) is 0. The van der Waals surface area contributed by atoms with Gasteiger partial charge in [-0.3, -0.25) is 0 Å². The lowest BCUT2D eigenvalue weighted by molar-refractivity contribution is 1.07. The number of fused-ring (bicyclic) bond motifs is 6. The van der Waals surface area contributed by atoms with Crippen molar-refractivity contribution in [3.05, 3.63) is 170 Å². The van der Waals surface area contributed by atoms with E-state index >= 15 is 0 Å². The number of hydrogen-bond acceptors (Lipinski definition) is 4. The van der Waals surface area contributed by atoms with E-state index in [-0.39, 0.29) is 0 Å². The fourth-order valence-corrected chi connectivity index (χ4v) is 8.31. The molecule has 50 heavy (non-hydrogen) atoms. The van der Waals surface area contributed by atoms with Crippen molar-refractivity contribution in [2.75, 3.05) is 0 Å². The lowest BCUT2D eigenvalue weighted by Crippen LogP contribution is -2.00. The quantitative estimate of drug-likeness (QED) is 0.185. The van der Waals surface area contributed by atoms with Crippen molar-refractivity contribution in [1.82, 2.24) is 19.5 Å². The number of thiophene rings is 1. The van der Waals surface area contributed by atoms with E-state index in [2.05, 4.69) is 114 Å². The minimum absolute atomic E-state index is 0.648. The lowest BCUT2D eigenvalue weighted by atomic mass is 10.00. The summed E-state index contributed by atoms with van der Waals surface area (Å²) >= 11 is 1.85. The number of para-hydroxylation sites is 2. The largest absolute Gasteiger partial charge is 0.309 e. The monoisotopic (exact) mass is 656 g/mol. The summed E-state index contributed by atoms with van der Waals surface area (Å²) < 4.78 is 4.98. The third-order valence-electron chi connectivity index (χ3n) is 9.45. The van der Waals surface area contributed by atoms with Crippen LogP contribution in [-0.2, 0) is 0 Å². The summed E-state index contributed by atoms with van der Waals surface area (Å²) in [5, 5.41) is 5.05. The van der Waals surface area contributed by atoms with Crippen LogP contribution in [0.25, 0.3) is 93.0 Å². The van der Waals surface area contributed by atoms with Crippen molar-refractivity contribution >= 4 is 53.3 Å². The van der Waals surface area contributed by atoms with Gasteiger partial charge in [-0.2, -0.15) is 0 Å². The zero-order chi connectivity index (χ0) is 33.0. The number of benzene rings is 7. The van der Waals surface area contributed by atoms with Crippen LogP contribution in [0.15, 0.2) is 170 Å². The molecule has 3 aromatic heterocycles. The first kappa shape index (κ1) is 28.6. The number of nitrogens with zero attached hydrogens (tertiary/aromatic N) is 4. The molecule has 0 atom stereocenters. The second-order valence-electron chi connectivity index (χ2n) is 12.5. The maximum atomic E-state index is 4.96. The first-order valence-corrected chi connectivity index (χ1v) is 17.5. The van der Waals surface area contributed by atoms with Gasteiger partial charge in [-0.05, 0) is 35.9 Å². The van der Waals surface area contributed by atoms with E-state index in [1.165, 1.54) is 47.5 Å². The van der Waals surface area contributed by atoms with Crippen LogP contribution in [0, 0.1) is 0 Å². The normalized spacial score (nSPS) is 11.6. The molecular formula is C45H28N4S. The van der Waals surface area contributed by atoms with Gasteiger partial charge in [-0.15, -0.1) is 11.3 Å². The molecule has 0 N–H and O–H groups in total. The smallest absolute Gasteiger partial charge is 0.164 e. The molecule has 3 heterocycles. The van der Waals surface area contributed by atoms with E-state index in [9.17, 15) is 0 Å². The molecule has 0 aliphatic rings. The molecule has 234 valence electrons. The van der Waals surface area contributed by atoms with Gasteiger partial charge in [-0.1, -0.05) is 140 Å². The van der Waals surface area contributed by atoms with Crippen molar-refractivity contribution in [2.24, 2.45) is 0 Å². The highest BCUT2D eigenvalue weighted by Gasteiger charge is 2.18. The maximum absolute atomic E-state index is 4.96. The van der Waals surface area contributed by atoms with Gasteiger partial charge in [0.15, 0.2) is 17.5 Å². The Hall–Kier alpha value is -6.43. The topological polar surface area (TPSA) is 43.6 Å². The van der Waals surface area contributed by atoms with Gasteiger partial charge in [0, 0.05) is 58.9 Å². The molecule has 10 aromatic rings. The van der Waals surface area contributed by atoms with E-state index in [1.54, 1.807) is 0 Å². The summed E-state index contributed by atoms with van der Waals surface area (Å²) in [6, 6.07) is 59.8. The van der Waals surface area contributed by atoms with Gasteiger partial charge in [0.1, 0.15) is 0 Å². The SMILES string of the molecule is c1ccc(-c2nc(-c3ccccc3)nc(-c3ccc(-c4cc(-n5c6ccccc6c6ccccc65)cc5c4sc4ccccc45)cc3)n2)cc1. The molecule has 0 radical (unpaired) electrons. The average Bonchev–Trinajstić information content (AvgIpc) is 3.74. The highest BCUT2D eigenvalue weighted by Crippen LogP contribution is 2.43. The first-order valence-electron chi connectivity index (χ1n) is 16.7. The Bertz CT molecular complexity index is 2740. The molecule has 0 bridgehead atoms. The van der Waals surface area contributed by atoms with Gasteiger partial charge < -0.3 is 4.57 Å². The molecule has 0 spiro atoms. The molecule has 0 saturated heterocycles. The second-order valence-corrected chi connectivity index (χ2v) is 13.5. The lowest BCUT2D eigenvalue weighted by Gasteiger charge is -2.13. The summed E-state index contributed by atoms with van der Waals surface area (Å²) in [6.07, 6.45) is 0. The third kappa shape index (κ3) is 4.71. The standard InChI is InChI=1S/C45H28N4S/c1-3-13-30(14-4-1)43-46-44(31-15-5-2-6-16-31)48-45(47-43)32-25-23-29(24-26-32)37-27-33(28-38-36-19-9-12-22-41(36)50-42(37)38)49-39-20-10-7-17-34(39)35-18-8-11-21-40(35)49/h1-28H. The molecule has 5 heteroatoms. The van der Waals surface area contributed by atoms with E-state index in [0.29, 0.717) is 17.5 Å². The van der Waals surface area contributed by atoms with E-state index in [0.717, 1.165) is 27.9 Å². The predicted octanol–water partition coefficient (Wildman–Crippen LogP) is 12.0. The van der Waals surface area contributed by atoms with Gasteiger partial charge in [0.25, 0.3) is 0 Å². The zero-order valence-corrected chi connectivity index (χ0v) is 27.7. The van der Waals surface area contributed by atoms with Crippen molar-refractivity contribution in [1.29, 1.82) is 0 Å². The van der Waals surface area contributed by atoms with E-state index in [4.69, 9.17) is 15.0 Å². The Morgan fingerprint density at radius 3 is 1.42 bits per heavy atom. The number of rotatable bonds is 5. The highest BCUT2D eigenvalue weighted by atomic mass is 32.1. The third-order valence-corrected chi connectivity index (χ3v) is 10.7. The van der Waals surface area contributed by atoms with Crippen LogP contribution in [0.4, 0.5) is 0 Å². The maximum Gasteiger partial charge on any atom is 0.164 e.